The van der Waals surface area contributed by atoms with Crippen molar-refractivity contribution in [3.05, 3.63) is 23.8 Å². The Morgan fingerprint density at radius 2 is 1.90 bits per heavy atom. The Hall–Kier alpha value is -1.66. The summed E-state index contributed by atoms with van der Waals surface area (Å²) < 4.78 is 4.72. The van der Waals surface area contributed by atoms with Crippen LogP contribution in [0.4, 0.5) is 0 Å². The summed E-state index contributed by atoms with van der Waals surface area (Å²) in [6.07, 6.45) is 1.07. The van der Waals surface area contributed by atoms with Crippen molar-refractivity contribution in [1.82, 2.24) is 4.90 Å². The van der Waals surface area contributed by atoms with Crippen LogP contribution in [0.5, 0.6) is 0 Å². The molecule has 0 radical (unpaired) electrons. The molecule has 2 unspecified atom stereocenters. The van der Waals surface area contributed by atoms with Crippen molar-refractivity contribution in [3.63, 3.8) is 0 Å². The lowest BCUT2D eigenvalue weighted by Gasteiger charge is -2.24. The normalized spacial score (nSPS) is 14.8. The Morgan fingerprint density at radius 1 is 1.35 bits per heavy atom. The van der Waals surface area contributed by atoms with Gasteiger partial charge in [-0.2, -0.15) is 0 Å². The number of hydrogen-bond acceptors (Lipinski definition) is 5. The van der Waals surface area contributed by atoms with E-state index in [4.69, 9.17) is 10.5 Å². The highest BCUT2D eigenvalue weighted by molar-refractivity contribution is 5.98. The number of primary amides is 1. The number of amides is 1. The Morgan fingerprint density at radius 3 is 2.25 bits per heavy atom. The molecular weight excluding hydrogens is 260 g/mol. The first kappa shape index (κ1) is 18.3. The molecule has 0 aliphatic carbocycles. The Labute approximate surface area is 119 Å². The fourth-order valence-corrected chi connectivity index (χ4v) is 1.72. The first-order valence-corrected chi connectivity index (χ1v) is 6.50. The van der Waals surface area contributed by atoms with Crippen molar-refractivity contribution < 1.29 is 19.4 Å². The van der Waals surface area contributed by atoms with Gasteiger partial charge in [-0.3, -0.25) is 4.79 Å². The molecule has 6 nitrogen and oxygen atoms in total. The van der Waals surface area contributed by atoms with Crippen molar-refractivity contribution in [2.24, 2.45) is 5.73 Å². The molecule has 0 saturated heterocycles. The summed E-state index contributed by atoms with van der Waals surface area (Å²) >= 11 is 0. The Bertz CT molecular complexity index is 402. The first-order chi connectivity index (χ1) is 9.24. The van der Waals surface area contributed by atoms with Crippen molar-refractivity contribution in [2.75, 3.05) is 14.1 Å². The monoisotopic (exact) mass is 284 g/mol. The summed E-state index contributed by atoms with van der Waals surface area (Å²) in [4.78, 5) is 25.0. The molecule has 0 aliphatic heterocycles. The summed E-state index contributed by atoms with van der Waals surface area (Å²) in [5.41, 5.74) is 5.61. The fraction of sp³-hybridized carbons (Fsp3) is 0.571. The molecule has 0 aromatic carbocycles. The molecule has 0 aromatic heterocycles. The van der Waals surface area contributed by atoms with Gasteiger partial charge in [0, 0.05) is 18.0 Å². The molecule has 0 rings (SSSR count). The quantitative estimate of drug-likeness (QED) is 0.294. The molecule has 0 aliphatic rings. The molecule has 114 valence electrons. The molecule has 6 heteroatoms. The van der Waals surface area contributed by atoms with E-state index in [1.165, 1.54) is 6.08 Å². The average molecular weight is 284 g/mol. The highest BCUT2D eigenvalue weighted by atomic mass is 16.6. The molecule has 0 spiro atoms. The van der Waals surface area contributed by atoms with Crippen molar-refractivity contribution >= 4 is 11.9 Å². The van der Waals surface area contributed by atoms with E-state index in [0.29, 0.717) is 6.42 Å². The van der Waals surface area contributed by atoms with Crippen LogP contribution in [0.3, 0.4) is 0 Å². The first-order valence-electron chi connectivity index (χ1n) is 6.50. The van der Waals surface area contributed by atoms with E-state index in [2.05, 4.69) is 6.58 Å². The smallest absolute Gasteiger partial charge is 0.339 e. The third-order valence-corrected chi connectivity index (χ3v) is 2.84. The predicted molar refractivity (Wildman–Crippen MR) is 76.6 cm³/mol. The van der Waals surface area contributed by atoms with E-state index >= 15 is 0 Å². The van der Waals surface area contributed by atoms with Gasteiger partial charge in [0.2, 0.25) is 12.2 Å². The molecule has 3 N–H and O–H groups in total. The summed E-state index contributed by atoms with van der Waals surface area (Å²) in [6.45, 7) is 7.13. The molecule has 0 aromatic rings. The van der Waals surface area contributed by atoms with E-state index in [9.17, 15) is 14.7 Å². The minimum Gasteiger partial charge on any atom is -0.432 e. The zero-order valence-corrected chi connectivity index (χ0v) is 12.5. The Balaban J connectivity index is 5.15. The van der Waals surface area contributed by atoms with E-state index in [1.807, 2.05) is 25.9 Å². The summed E-state index contributed by atoms with van der Waals surface area (Å²) in [5, 5.41) is 9.26. The van der Waals surface area contributed by atoms with Crippen LogP contribution in [-0.2, 0) is 14.3 Å². The molecular formula is C14H24N2O4. The van der Waals surface area contributed by atoms with E-state index < -0.39 is 18.2 Å². The van der Waals surface area contributed by atoms with Gasteiger partial charge in [0.25, 0.3) is 0 Å². The second kappa shape index (κ2) is 8.50. The molecule has 0 saturated carbocycles. The number of nitrogens with zero attached hydrogens (tertiary/aromatic N) is 1. The van der Waals surface area contributed by atoms with E-state index in [-0.39, 0.29) is 23.6 Å². The topological polar surface area (TPSA) is 92.9 Å². The number of carbonyl (C=O) groups is 2. The summed E-state index contributed by atoms with van der Waals surface area (Å²) in [6, 6.07) is -0.215. The lowest BCUT2D eigenvalue weighted by atomic mass is 10.0. The molecule has 0 bridgehead atoms. The van der Waals surface area contributed by atoms with Gasteiger partial charge in [0.05, 0.1) is 5.57 Å². The van der Waals surface area contributed by atoms with E-state index in [0.717, 1.165) is 0 Å². The van der Waals surface area contributed by atoms with Crippen LogP contribution in [0.15, 0.2) is 23.8 Å². The zero-order chi connectivity index (χ0) is 15.9. The molecule has 1 amide bonds. The number of aliphatic hydroxyl groups excluding tert-OH is 1. The summed E-state index contributed by atoms with van der Waals surface area (Å²) in [5.74, 6) is -1.39. The average Bonchev–Trinajstić information content (AvgIpc) is 2.37. The zero-order valence-electron chi connectivity index (χ0n) is 12.5. The molecule has 0 heterocycles. The molecule has 20 heavy (non-hydrogen) atoms. The van der Waals surface area contributed by atoms with Crippen molar-refractivity contribution in [3.8, 4) is 0 Å². The van der Waals surface area contributed by atoms with Gasteiger partial charge in [-0.15, -0.1) is 0 Å². The van der Waals surface area contributed by atoms with Crippen LogP contribution < -0.4 is 5.73 Å². The molecule has 2 atom stereocenters. The predicted octanol–water partition coefficient (Wildman–Crippen LogP) is 0.566. The van der Waals surface area contributed by atoms with Gasteiger partial charge in [-0.05, 0) is 26.6 Å². The van der Waals surface area contributed by atoms with Crippen LogP contribution >= 0.6 is 0 Å². The maximum absolute atomic E-state index is 11.7. The number of likely N-dealkylation sites (N-methyl/N-ethyl adjacent to an activating group) is 1. The second-order valence-electron chi connectivity index (χ2n) is 4.65. The third kappa shape index (κ3) is 5.54. The van der Waals surface area contributed by atoms with E-state index in [1.54, 1.807) is 6.92 Å². The second-order valence-corrected chi connectivity index (χ2v) is 4.65. The maximum Gasteiger partial charge on any atom is 0.339 e. The fourth-order valence-electron chi connectivity index (χ4n) is 1.72. The van der Waals surface area contributed by atoms with Crippen molar-refractivity contribution in [2.45, 2.75) is 39.0 Å². The third-order valence-electron chi connectivity index (χ3n) is 2.84. The largest absolute Gasteiger partial charge is 0.432 e. The number of rotatable bonds is 8. The number of hydrogen-bond donors (Lipinski definition) is 2. The van der Waals surface area contributed by atoms with Crippen LogP contribution in [0, 0.1) is 0 Å². The number of nitrogens with two attached hydrogens (primary N) is 1. The van der Waals surface area contributed by atoms with Crippen LogP contribution in [0.2, 0.25) is 0 Å². The van der Waals surface area contributed by atoms with Crippen LogP contribution in [-0.4, -0.2) is 48.3 Å². The lowest BCUT2D eigenvalue weighted by Crippen LogP contribution is -2.35. The van der Waals surface area contributed by atoms with Gasteiger partial charge in [-0.1, -0.05) is 20.4 Å². The van der Waals surface area contributed by atoms with Gasteiger partial charge in [0.1, 0.15) is 0 Å². The minimum atomic E-state index is -1.18. The molecule has 0 fully saturated rings. The lowest BCUT2D eigenvalue weighted by molar-refractivity contribution is -0.162. The Kier molecular flexibility index (Phi) is 7.79. The number of carbonyl (C=O) groups excluding carboxylic acids is 2. The standard InChI is InChI=1S/C14H24N2O4/c1-6-11(16(4)5)10(13(15)18)8-9(3)14(19)20-12(17)7-2/h8,11-12,17H,3,6-7H2,1-2,4-5H3,(H2,15,18)/b10-8-. The number of esters is 1. The highest BCUT2D eigenvalue weighted by Gasteiger charge is 2.21. The number of aliphatic hydroxyl groups is 1. The van der Waals surface area contributed by atoms with Gasteiger partial charge >= 0.3 is 5.97 Å². The van der Waals surface area contributed by atoms with Crippen LogP contribution in [0.1, 0.15) is 26.7 Å². The van der Waals surface area contributed by atoms with Gasteiger partial charge in [0.15, 0.2) is 0 Å². The highest BCUT2D eigenvalue weighted by Crippen LogP contribution is 2.14. The van der Waals surface area contributed by atoms with Gasteiger partial charge < -0.3 is 20.5 Å². The van der Waals surface area contributed by atoms with Crippen LogP contribution in [0.25, 0.3) is 0 Å². The SMILES string of the molecule is C=C(/C=C(\C(N)=O)C(CC)N(C)C)C(=O)OC(O)CC. The minimum absolute atomic E-state index is 0.0217. The summed E-state index contributed by atoms with van der Waals surface area (Å²) in [7, 11) is 3.62. The number of ether oxygens (including phenoxy) is 1. The van der Waals surface area contributed by atoms with Crippen molar-refractivity contribution in [1.29, 1.82) is 0 Å². The maximum atomic E-state index is 11.7. The van der Waals surface area contributed by atoms with Gasteiger partial charge in [-0.25, -0.2) is 4.79 Å².